The summed E-state index contributed by atoms with van der Waals surface area (Å²) in [5.41, 5.74) is 11.8. The van der Waals surface area contributed by atoms with Crippen LogP contribution in [0.15, 0.2) is 24.3 Å². The zero-order chi connectivity index (χ0) is 61.5. The van der Waals surface area contributed by atoms with Crippen LogP contribution in [-0.2, 0) is 64.0 Å². The SMILES string of the molecule is CC[C@H](C)[C@H](NC(=O)[C@H](CO)NC(=O)[C@H](C)NC(=O)[C@@H](NC(=O)[C@H](CS)NC(=O)[C@@H](N)CCSC)[C@@H](C)O)C(=O)N1CCC[C@H]1C(=O)N1CCC[C@H]1C(=O)N[C@@H](CCC(N)=O)C(=O)N[C@@H](CS)C(=O)N[C@@H](Cc1ccc(O)cc1)C(=O)O. The van der Waals surface area contributed by atoms with E-state index in [9.17, 15) is 78.0 Å². The predicted molar refractivity (Wildman–Crippen MR) is 305 cm³/mol. The second kappa shape index (κ2) is 34.3. The molecule has 0 bridgehead atoms. The topological polar surface area (TPSA) is 441 Å². The van der Waals surface area contributed by atoms with Crippen LogP contribution in [0, 0.1) is 5.92 Å². The van der Waals surface area contributed by atoms with Crippen molar-refractivity contribution in [3.8, 4) is 5.75 Å². The van der Waals surface area contributed by atoms with Gasteiger partial charge in [0.1, 0.15) is 66.2 Å². The first kappa shape index (κ1) is 69.9. The number of aliphatic hydroxyl groups excluding tert-OH is 2. The minimum Gasteiger partial charge on any atom is -0.508 e. The highest BCUT2D eigenvalue weighted by Gasteiger charge is 2.45. The van der Waals surface area contributed by atoms with Crippen molar-refractivity contribution in [1.29, 1.82) is 0 Å². The number of likely N-dealkylation sites (tertiary alicyclic amines) is 2. The van der Waals surface area contributed by atoms with Gasteiger partial charge >= 0.3 is 5.97 Å². The molecule has 31 heteroatoms. The van der Waals surface area contributed by atoms with E-state index in [1.165, 1.54) is 59.7 Å². The lowest BCUT2D eigenvalue weighted by Crippen LogP contribution is -2.62. The highest BCUT2D eigenvalue weighted by Crippen LogP contribution is 2.27. The van der Waals surface area contributed by atoms with Crippen LogP contribution in [0.4, 0.5) is 0 Å². The fourth-order valence-corrected chi connectivity index (χ4v) is 9.90. The average Bonchev–Trinajstić information content (AvgIpc) is 4.22. The Morgan fingerprint density at radius 3 is 1.74 bits per heavy atom. The quantitative estimate of drug-likeness (QED) is 0.0295. The van der Waals surface area contributed by atoms with Gasteiger partial charge in [0.2, 0.25) is 65.0 Å². The summed E-state index contributed by atoms with van der Waals surface area (Å²) in [5, 5.41) is 59.6. The van der Waals surface area contributed by atoms with Crippen LogP contribution in [-0.4, -0.2) is 217 Å². The number of thiol groups is 2. The van der Waals surface area contributed by atoms with Crippen LogP contribution in [0.25, 0.3) is 0 Å². The van der Waals surface area contributed by atoms with Crippen molar-refractivity contribution < 1.29 is 78.0 Å². The summed E-state index contributed by atoms with van der Waals surface area (Å²) >= 11 is 9.75. The molecule has 82 heavy (non-hydrogen) atoms. The van der Waals surface area contributed by atoms with Crippen LogP contribution in [0.1, 0.15) is 84.6 Å². The summed E-state index contributed by atoms with van der Waals surface area (Å²) in [4.78, 5) is 163. The Morgan fingerprint density at radius 1 is 0.671 bits per heavy atom. The lowest BCUT2D eigenvalue weighted by molar-refractivity contribution is -0.149. The van der Waals surface area contributed by atoms with Crippen LogP contribution in [0.5, 0.6) is 5.75 Å². The number of nitrogens with zero attached hydrogens (tertiary/aromatic N) is 2. The smallest absolute Gasteiger partial charge is 0.326 e. The Kier molecular flexibility index (Phi) is 29.2. The number of aliphatic carboxylic acids is 1. The molecule has 1 aromatic rings. The predicted octanol–water partition coefficient (Wildman–Crippen LogP) is -4.48. The maximum atomic E-state index is 14.5. The molecule has 1 aromatic carbocycles. The van der Waals surface area contributed by atoms with E-state index in [2.05, 4.69) is 67.8 Å². The Balaban J connectivity index is 1.71. The number of nitrogens with two attached hydrogens (primary N) is 2. The van der Waals surface area contributed by atoms with Gasteiger partial charge in [0, 0.05) is 37.4 Å². The molecule has 13 atom stereocenters. The Hall–Kier alpha value is -6.41. The number of nitrogens with one attached hydrogen (secondary N) is 8. The minimum absolute atomic E-state index is 0.0558. The molecule has 2 saturated heterocycles. The van der Waals surface area contributed by atoms with Crippen molar-refractivity contribution >= 4 is 108 Å². The third-order valence-corrected chi connectivity index (χ3v) is 15.3. The van der Waals surface area contributed by atoms with Crippen molar-refractivity contribution in [1.82, 2.24) is 52.3 Å². The second-order valence-corrected chi connectivity index (χ2v) is 21.9. The van der Waals surface area contributed by atoms with Crippen molar-refractivity contribution in [3.05, 3.63) is 29.8 Å². The van der Waals surface area contributed by atoms with E-state index in [1.807, 2.05) is 6.26 Å². The average molecular weight is 1210 g/mol. The number of benzene rings is 1. The molecule has 28 nitrogen and oxygen atoms in total. The van der Waals surface area contributed by atoms with Crippen LogP contribution in [0.2, 0.25) is 0 Å². The van der Waals surface area contributed by atoms with E-state index in [4.69, 9.17) is 11.5 Å². The molecular weight excluding hydrogens is 1130 g/mol. The monoisotopic (exact) mass is 1210 g/mol. The zero-order valence-corrected chi connectivity index (χ0v) is 49.1. The number of phenolic OH excluding ortho intramolecular Hbond substituents is 1. The van der Waals surface area contributed by atoms with Crippen molar-refractivity contribution in [2.75, 3.05) is 43.2 Å². The van der Waals surface area contributed by atoms with Crippen LogP contribution >= 0.6 is 37.0 Å². The number of hydrogen-bond acceptors (Lipinski definition) is 19. The number of carboxylic acid groups (broad SMARTS) is 1. The van der Waals surface area contributed by atoms with Gasteiger partial charge in [-0.15, -0.1) is 0 Å². The molecule has 11 amide bonds. The van der Waals surface area contributed by atoms with Gasteiger partial charge in [-0.25, -0.2) is 4.79 Å². The van der Waals surface area contributed by atoms with Crippen LogP contribution < -0.4 is 54.0 Å². The van der Waals surface area contributed by atoms with Gasteiger partial charge in [-0.1, -0.05) is 32.4 Å². The molecule has 0 aromatic heterocycles. The maximum absolute atomic E-state index is 14.5. The van der Waals surface area contributed by atoms with E-state index >= 15 is 0 Å². The zero-order valence-electron chi connectivity index (χ0n) is 46.5. The molecule has 2 fully saturated rings. The Bertz CT molecular complexity index is 2430. The Morgan fingerprint density at radius 2 is 1.20 bits per heavy atom. The van der Waals surface area contributed by atoms with Crippen molar-refractivity contribution in [2.24, 2.45) is 17.4 Å². The van der Waals surface area contributed by atoms with Gasteiger partial charge < -0.3 is 84.2 Å². The lowest BCUT2D eigenvalue weighted by atomic mass is 9.96. The number of carbonyl (C=O) groups excluding carboxylic acids is 11. The van der Waals surface area contributed by atoms with Gasteiger partial charge in [-0.2, -0.15) is 37.0 Å². The van der Waals surface area contributed by atoms with Crippen molar-refractivity contribution in [3.63, 3.8) is 0 Å². The summed E-state index contributed by atoms with van der Waals surface area (Å²) in [6, 6.07) is -9.25. The van der Waals surface area contributed by atoms with E-state index in [0.717, 1.165) is 0 Å². The van der Waals surface area contributed by atoms with E-state index in [1.54, 1.807) is 13.8 Å². The van der Waals surface area contributed by atoms with E-state index in [-0.39, 0.29) is 56.0 Å². The number of phenols is 1. The number of thioether (sulfide) groups is 1. The minimum atomic E-state index is -1.68. The Labute approximate surface area is 490 Å². The maximum Gasteiger partial charge on any atom is 0.326 e. The summed E-state index contributed by atoms with van der Waals surface area (Å²) in [6.07, 6.45) is 1.07. The first-order valence-electron chi connectivity index (χ1n) is 26.8. The number of aliphatic hydroxyl groups is 2. The van der Waals surface area contributed by atoms with Crippen molar-refractivity contribution in [2.45, 2.75) is 158 Å². The summed E-state index contributed by atoms with van der Waals surface area (Å²) in [5.74, 6) is -11.3. The highest BCUT2D eigenvalue weighted by atomic mass is 32.2. The number of rotatable bonds is 33. The molecule has 2 heterocycles. The molecule has 2 aliphatic rings. The fraction of sp³-hybridized carbons (Fsp3) is 0.647. The van der Waals surface area contributed by atoms with Gasteiger partial charge in [-0.05, 0) is 88.0 Å². The van der Waals surface area contributed by atoms with E-state index in [0.29, 0.717) is 37.0 Å². The first-order valence-corrected chi connectivity index (χ1v) is 29.5. The third kappa shape index (κ3) is 20.8. The first-order chi connectivity index (χ1) is 38.7. The normalized spacial score (nSPS) is 19.0. The number of hydrogen-bond donors (Lipinski definition) is 16. The highest BCUT2D eigenvalue weighted by molar-refractivity contribution is 7.98. The largest absolute Gasteiger partial charge is 0.508 e. The van der Waals surface area contributed by atoms with E-state index < -0.39 is 162 Å². The molecule has 0 saturated carbocycles. The molecule has 0 aliphatic carbocycles. The summed E-state index contributed by atoms with van der Waals surface area (Å²) < 4.78 is 0. The van der Waals surface area contributed by atoms with Gasteiger partial charge in [0.05, 0.1) is 18.8 Å². The third-order valence-electron chi connectivity index (χ3n) is 14.0. The number of carbonyl (C=O) groups is 12. The standard InChI is InChI=1S/C51H80N12O16S3/c1-6-25(2)39(60-44(71)33(22-64)57-41(68)26(3)54-48(75)40(27(4)65)61-46(73)35(24-81)58-42(69)30(52)17-20-82-5)50(77)63-19-8-10-37(63)49(76)62-18-7-9-36(62)47(74)55-31(15-16-38(53)67)43(70)59-34(23-80)45(72)56-32(51(78)79)21-28-11-13-29(66)14-12-28/h11-14,25-27,30-37,39-40,64-66,80-81H,6-10,15-24,52H2,1-5H3,(H2,53,67)(H,54,75)(H,55,74)(H,56,72)(H,57,68)(H,58,69)(H,59,70)(H,60,71)(H,61,73)(H,78,79)/t25-,26-,27+,30-,31-,32-,33-,34-,35-,36-,37-,39-,40-/m0/s1. The number of carboxylic acids is 1. The molecule has 2 aliphatic heterocycles. The molecule has 0 radical (unpaired) electrons. The van der Waals surface area contributed by atoms with Gasteiger partial charge in [-0.3, -0.25) is 52.7 Å². The molecular formula is C51H80N12O16S3. The summed E-state index contributed by atoms with van der Waals surface area (Å²) in [7, 11) is 0. The molecule has 3 rings (SSSR count). The number of aromatic hydroxyl groups is 1. The number of amides is 11. The molecule has 0 unspecified atom stereocenters. The lowest BCUT2D eigenvalue weighted by Gasteiger charge is -2.35. The number of primary amides is 1. The molecule has 0 spiro atoms. The van der Waals surface area contributed by atoms with Gasteiger partial charge in [0.15, 0.2) is 0 Å². The molecule has 458 valence electrons. The second-order valence-electron chi connectivity index (χ2n) is 20.2. The fourth-order valence-electron chi connectivity index (χ4n) is 8.89. The summed E-state index contributed by atoms with van der Waals surface area (Å²) in [6.45, 7) is 5.00. The molecule has 16 N–H and O–H groups in total. The van der Waals surface area contributed by atoms with Crippen LogP contribution in [0.3, 0.4) is 0 Å². The van der Waals surface area contributed by atoms with Gasteiger partial charge in [0.25, 0.3) is 0 Å².